The number of fused-ring (bicyclic) bond motifs is 1. The third kappa shape index (κ3) is 3.57. The number of dihydropyridines is 1. The number of hydrogen-bond donors (Lipinski definition) is 0. The zero-order valence-electron chi connectivity index (χ0n) is 17.2. The van der Waals surface area contributed by atoms with E-state index >= 15 is 0 Å². The Hall–Kier alpha value is -2.94. The van der Waals surface area contributed by atoms with Gasteiger partial charge < -0.3 is 0 Å². The van der Waals surface area contributed by atoms with Crippen LogP contribution in [0.2, 0.25) is 0 Å². The highest BCUT2D eigenvalue weighted by Crippen LogP contribution is 2.41. The molecule has 2 aliphatic rings. The van der Waals surface area contributed by atoms with Crippen LogP contribution in [0.15, 0.2) is 83.4 Å². The average molecular weight is 382 g/mol. The van der Waals surface area contributed by atoms with Gasteiger partial charge in [0, 0.05) is 12.0 Å². The topological polar surface area (TPSA) is 30.2 Å². The molecular weight excluding hydrogens is 354 g/mol. The van der Waals surface area contributed by atoms with E-state index in [2.05, 4.69) is 79.2 Å². The standard InChI is InChI=1S/C26H27N3/c1-26(2)16-15-20-13-14-22(27-24(20)18-26)25-17-23(19-9-5-3-6-10-19)28-29(25)21-11-7-4-8-12-21/h3-13,17,24H,14-16,18H2,1-2H3. The molecule has 1 unspecified atom stereocenters. The highest BCUT2D eigenvalue weighted by atomic mass is 15.3. The van der Waals surface area contributed by atoms with Gasteiger partial charge in [0.25, 0.3) is 0 Å². The van der Waals surface area contributed by atoms with Crippen molar-refractivity contribution < 1.29 is 0 Å². The Labute approximate surface area is 172 Å². The van der Waals surface area contributed by atoms with Crippen molar-refractivity contribution in [3.8, 4) is 16.9 Å². The molecule has 0 N–H and O–H groups in total. The van der Waals surface area contributed by atoms with Crippen molar-refractivity contribution >= 4 is 5.71 Å². The van der Waals surface area contributed by atoms with Crippen LogP contribution in [0.1, 0.15) is 45.2 Å². The lowest BCUT2D eigenvalue weighted by Crippen LogP contribution is -2.30. The van der Waals surface area contributed by atoms with Crippen molar-refractivity contribution in [1.29, 1.82) is 0 Å². The molecule has 1 aliphatic carbocycles. The fourth-order valence-corrected chi connectivity index (χ4v) is 4.51. The van der Waals surface area contributed by atoms with Gasteiger partial charge in [-0.05, 0) is 48.4 Å². The van der Waals surface area contributed by atoms with Gasteiger partial charge in [-0.25, -0.2) is 4.68 Å². The van der Waals surface area contributed by atoms with E-state index in [-0.39, 0.29) is 0 Å². The van der Waals surface area contributed by atoms with Crippen molar-refractivity contribution in [3.63, 3.8) is 0 Å². The van der Waals surface area contributed by atoms with Gasteiger partial charge in [0.15, 0.2) is 0 Å². The SMILES string of the molecule is CC1(C)CCC2=CCC(c3cc(-c4ccccc4)nn3-c3ccccc3)=NC2C1. The number of nitrogens with zero attached hydrogens (tertiary/aromatic N) is 3. The molecule has 0 bridgehead atoms. The van der Waals surface area contributed by atoms with Crippen LogP contribution in [-0.2, 0) is 0 Å². The summed E-state index contributed by atoms with van der Waals surface area (Å²) in [7, 11) is 0. The third-order valence-electron chi connectivity index (χ3n) is 6.21. The second-order valence-corrected chi connectivity index (χ2v) is 8.97. The number of aliphatic imine (C=N–C) groups is 1. The van der Waals surface area contributed by atoms with Crippen molar-refractivity contribution in [1.82, 2.24) is 9.78 Å². The maximum absolute atomic E-state index is 5.25. The number of benzene rings is 2. The van der Waals surface area contributed by atoms with Gasteiger partial charge in [-0.3, -0.25) is 4.99 Å². The summed E-state index contributed by atoms with van der Waals surface area (Å²) in [5.41, 5.74) is 7.35. The number of para-hydroxylation sites is 1. The Kier molecular flexibility index (Phi) is 4.46. The molecular formula is C26H27N3. The van der Waals surface area contributed by atoms with Crippen LogP contribution in [0.25, 0.3) is 16.9 Å². The lowest BCUT2D eigenvalue weighted by molar-refractivity contribution is 0.258. The molecule has 1 aliphatic heterocycles. The first-order valence-electron chi connectivity index (χ1n) is 10.6. The summed E-state index contributed by atoms with van der Waals surface area (Å²) >= 11 is 0. The van der Waals surface area contributed by atoms with E-state index in [1.54, 1.807) is 0 Å². The molecule has 146 valence electrons. The van der Waals surface area contributed by atoms with Gasteiger partial charge in [0.2, 0.25) is 0 Å². The minimum Gasteiger partial charge on any atom is -0.279 e. The summed E-state index contributed by atoms with van der Waals surface area (Å²) in [5, 5.41) is 4.97. The Morgan fingerprint density at radius 2 is 1.69 bits per heavy atom. The van der Waals surface area contributed by atoms with E-state index in [9.17, 15) is 0 Å². The minimum absolute atomic E-state index is 0.321. The molecule has 1 fully saturated rings. The Bertz CT molecular complexity index is 1070. The number of hydrogen-bond acceptors (Lipinski definition) is 2. The zero-order chi connectivity index (χ0) is 19.8. The molecule has 0 amide bonds. The molecule has 0 spiro atoms. The molecule has 3 aromatic rings. The Morgan fingerprint density at radius 1 is 0.966 bits per heavy atom. The monoisotopic (exact) mass is 381 g/mol. The summed E-state index contributed by atoms with van der Waals surface area (Å²) in [6.45, 7) is 4.74. The van der Waals surface area contributed by atoms with E-state index in [0.29, 0.717) is 11.5 Å². The van der Waals surface area contributed by atoms with E-state index in [1.807, 2.05) is 12.1 Å². The van der Waals surface area contributed by atoms with Crippen LogP contribution >= 0.6 is 0 Å². The van der Waals surface area contributed by atoms with Crippen LogP contribution in [0, 0.1) is 5.41 Å². The number of rotatable bonds is 3. The lowest BCUT2D eigenvalue weighted by Gasteiger charge is -2.37. The predicted molar refractivity (Wildman–Crippen MR) is 120 cm³/mol. The van der Waals surface area contributed by atoms with Crippen LogP contribution < -0.4 is 0 Å². The van der Waals surface area contributed by atoms with E-state index in [1.165, 1.54) is 18.4 Å². The summed E-state index contributed by atoms with van der Waals surface area (Å²) in [5.74, 6) is 0. The summed E-state index contributed by atoms with van der Waals surface area (Å²) in [6, 6.07) is 23.3. The first-order chi connectivity index (χ1) is 14.1. The van der Waals surface area contributed by atoms with Crippen LogP contribution in [-0.4, -0.2) is 21.5 Å². The Morgan fingerprint density at radius 3 is 2.45 bits per heavy atom. The first kappa shape index (κ1) is 18.1. The summed E-state index contributed by atoms with van der Waals surface area (Å²) in [4.78, 5) is 5.25. The molecule has 0 saturated heterocycles. The highest BCUT2D eigenvalue weighted by molar-refractivity contribution is 6.02. The molecule has 1 saturated carbocycles. The van der Waals surface area contributed by atoms with Crippen molar-refractivity contribution in [2.24, 2.45) is 10.4 Å². The second-order valence-electron chi connectivity index (χ2n) is 8.97. The predicted octanol–water partition coefficient (Wildman–Crippen LogP) is 6.24. The van der Waals surface area contributed by atoms with E-state index in [4.69, 9.17) is 10.1 Å². The molecule has 1 aromatic heterocycles. The smallest absolute Gasteiger partial charge is 0.0934 e. The summed E-state index contributed by atoms with van der Waals surface area (Å²) in [6.07, 6.45) is 6.89. The van der Waals surface area contributed by atoms with Crippen molar-refractivity contribution in [2.45, 2.75) is 45.6 Å². The molecule has 5 rings (SSSR count). The van der Waals surface area contributed by atoms with E-state index < -0.39 is 0 Å². The number of allylic oxidation sites excluding steroid dienone is 1. The fourth-order valence-electron chi connectivity index (χ4n) is 4.51. The van der Waals surface area contributed by atoms with Crippen LogP contribution in [0.4, 0.5) is 0 Å². The highest BCUT2D eigenvalue weighted by Gasteiger charge is 2.33. The van der Waals surface area contributed by atoms with Gasteiger partial charge in [-0.2, -0.15) is 5.10 Å². The minimum atomic E-state index is 0.321. The molecule has 29 heavy (non-hydrogen) atoms. The third-order valence-corrected chi connectivity index (χ3v) is 6.21. The van der Waals surface area contributed by atoms with Gasteiger partial charge in [0.05, 0.1) is 28.8 Å². The normalized spacial score (nSPS) is 20.6. The molecule has 0 radical (unpaired) electrons. The Balaban J connectivity index is 1.59. The van der Waals surface area contributed by atoms with Gasteiger partial charge in [-0.15, -0.1) is 0 Å². The molecule has 2 aromatic carbocycles. The largest absolute Gasteiger partial charge is 0.279 e. The molecule has 2 heterocycles. The maximum atomic E-state index is 5.25. The fraction of sp³-hybridized carbons (Fsp3) is 0.308. The van der Waals surface area contributed by atoms with Gasteiger partial charge in [-0.1, -0.05) is 68.5 Å². The van der Waals surface area contributed by atoms with E-state index in [0.717, 1.165) is 41.2 Å². The maximum Gasteiger partial charge on any atom is 0.0934 e. The summed E-state index contributed by atoms with van der Waals surface area (Å²) < 4.78 is 2.06. The van der Waals surface area contributed by atoms with Crippen LogP contribution in [0.5, 0.6) is 0 Å². The van der Waals surface area contributed by atoms with Gasteiger partial charge >= 0.3 is 0 Å². The number of aromatic nitrogens is 2. The average Bonchev–Trinajstić information content (AvgIpc) is 3.19. The quantitative estimate of drug-likeness (QED) is 0.494. The van der Waals surface area contributed by atoms with Crippen LogP contribution in [0.3, 0.4) is 0 Å². The lowest BCUT2D eigenvalue weighted by atomic mass is 9.72. The van der Waals surface area contributed by atoms with Gasteiger partial charge in [0.1, 0.15) is 0 Å². The second kappa shape index (κ2) is 7.14. The van der Waals surface area contributed by atoms with Crippen molar-refractivity contribution in [2.75, 3.05) is 0 Å². The zero-order valence-corrected chi connectivity index (χ0v) is 17.2. The molecule has 1 atom stereocenters. The molecule has 3 nitrogen and oxygen atoms in total. The van der Waals surface area contributed by atoms with Crippen molar-refractivity contribution in [3.05, 3.63) is 84.1 Å². The molecule has 3 heteroatoms. The first-order valence-corrected chi connectivity index (χ1v) is 10.6.